The van der Waals surface area contributed by atoms with Crippen molar-refractivity contribution in [2.75, 3.05) is 29.0 Å². The van der Waals surface area contributed by atoms with Gasteiger partial charge >= 0.3 is 0 Å². The zero-order valence-electron chi connectivity index (χ0n) is 12.4. The van der Waals surface area contributed by atoms with Crippen molar-refractivity contribution in [3.63, 3.8) is 0 Å². The minimum atomic E-state index is 0.665. The normalized spacial score (nSPS) is 10.3. The average molecular weight is 270 g/mol. The molecule has 2 rings (SSSR count). The third kappa shape index (κ3) is 3.20. The summed E-state index contributed by atoms with van der Waals surface area (Å²) < 4.78 is 0. The molecule has 0 radical (unpaired) electrons. The van der Waals surface area contributed by atoms with Gasteiger partial charge in [-0.3, -0.25) is 0 Å². The summed E-state index contributed by atoms with van der Waals surface area (Å²) in [7, 11) is 0. The van der Waals surface area contributed by atoms with E-state index in [1.807, 2.05) is 19.2 Å². The van der Waals surface area contributed by atoms with Gasteiger partial charge < -0.3 is 16.0 Å². The molecule has 1 aromatic carbocycles. The van der Waals surface area contributed by atoms with Gasteiger partial charge in [0.15, 0.2) is 5.82 Å². The molecule has 0 atom stereocenters. The summed E-state index contributed by atoms with van der Waals surface area (Å²) in [6.45, 7) is 8.32. The van der Waals surface area contributed by atoms with Gasteiger partial charge in [0.05, 0.1) is 5.69 Å². The minimum absolute atomic E-state index is 0.665. The molecule has 0 saturated heterocycles. The van der Waals surface area contributed by atoms with E-state index in [0.29, 0.717) is 11.5 Å². The van der Waals surface area contributed by atoms with Crippen LogP contribution in [0, 0.1) is 6.92 Å². The number of anilines is 4. The maximum Gasteiger partial charge on any atom is 0.153 e. The molecule has 3 N–H and O–H groups in total. The first-order chi connectivity index (χ1) is 9.63. The lowest BCUT2D eigenvalue weighted by atomic mass is 10.2. The molecule has 1 aromatic heterocycles. The van der Waals surface area contributed by atoms with Gasteiger partial charge in [-0.1, -0.05) is 0 Å². The Bertz CT molecular complexity index is 559. The molecule has 20 heavy (non-hydrogen) atoms. The molecule has 0 unspecified atom stereocenters. The number of pyridine rings is 1. The molecule has 106 valence electrons. The quantitative estimate of drug-likeness (QED) is 0.872. The summed E-state index contributed by atoms with van der Waals surface area (Å²) in [4.78, 5) is 6.62. The fraction of sp³-hybridized carbons (Fsp3) is 0.312. The van der Waals surface area contributed by atoms with Crippen LogP contribution >= 0.6 is 0 Å². The van der Waals surface area contributed by atoms with E-state index >= 15 is 0 Å². The Hall–Kier alpha value is -2.23. The molecule has 0 saturated carbocycles. The zero-order chi connectivity index (χ0) is 14.5. The third-order valence-corrected chi connectivity index (χ3v) is 3.31. The second kappa shape index (κ2) is 6.28. The van der Waals surface area contributed by atoms with E-state index < -0.39 is 0 Å². The van der Waals surface area contributed by atoms with Crippen LogP contribution in [0.15, 0.2) is 36.5 Å². The second-order valence-electron chi connectivity index (χ2n) is 4.79. The SMILES string of the molecule is CCN(CC)c1ccc(Nc2ncc(C)cc2N)cc1. The van der Waals surface area contributed by atoms with Crippen LogP contribution in [0.3, 0.4) is 0 Å². The molecule has 4 nitrogen and oxygen atoms in total. The molecule has 0 fully saturated rings. The van der Waals surface area contributed by atoms with Crippen molar-refractivity contribution in [1.82, 2.24) is 4.98 Å². The minimum Gasteiger partial charge on any atom is -0.396 e. The summed E-state index contributed by atoms with van der Waals surface area (Å²) >= 11 is 0. The lowest BCUT2D eigenvalue weighted by molar-refractivity contribution is 0.866. The Morgan fingerprint density at radius 2 is 1.80 bits per heavy atom. The largest absolute Gasteiger partial charge is 0.396 e. The van der Waals surface area contributed by atoms with Gasteiger partial charge in [-0.2, -0.15) is 0 Å². The predicted molar refractivity (Wildman–Crippen MR) is 86.7 cm³/mol. The number of hydrogen-bond donors (Lipinski definition) is 2. The molecule has 0 aliphatic rings. The Balaban J connectivity index is 2.14. The van der Waals surface area contributed by atoms with Crippen molar-refractivity contribution >= 4 is 22.9 Å². The molecule has 0 aliphatic heterocycles. The van der Waals surface area contributed by atoms with E-state index in [2.05, 4.69) is 53.3 Å². The average Bonchev–Trinajstić information content (AvgIpc) is 2.45. The molecule has 0 bridgehead atoms. The van der Waals surface area contributed by atoms with E-state index in [1.54, 1.807) is 0 Å². The van der Waals surface area contributed by atoms with Crippen molar-refractivity contribution in [3.05, 3.63) is 42.1 Å². The van der Waals surface area contributed by atoms with Gasteiger partial charge in [-0.25, -0.2) is 4.98 Å². The Morgan fingerprint density at radius 3 is 2.35 bits per heavy atom. The van der Waals surface area contributed by atoms with Crippen LogP contribution in [-0.4, -0.2) is 18.1 Å². The van der Waals surface area contributed by atoms with E-state index in [4.69, 9.17) is 5.73 Å². The number of nitrogens with two attached hydrogens (primary N) is 1. The van der Waals surface area contributed by atoms with Crippen molar-refractivity contribution < 1.29 is 0 Å². The lowest BCUT2D eigenvalue weighted by Gasteiger charge is -2.21. The second-order valence-corrected chi connectivity index (χ2v) is 4.79. The van der Waals surface area contributed by atoms with Crippen LogP contribution in [0.25, 0.3) is 0 Å². The predicted octanol–water partition coefficient (Wildman–Crippen LogP) is 3.56. The van der Waals surface area contributed by atoms with E-state index in [1.165, 1.54) is 5.69 Å². The Kier molecular flexibility index (Phi) is 4.45. The maximum atomic E-state index is 5.96. The number of nitrogens with zero attached hydrogens (tertiary/aromatic N) is 2. The molecule has 0 spiro atoms. The number of aromatic nitrogens is 1. The van der Waals surface area contributed by atoms with Crippen molar-refractivity contribution in [2.45, 2.75) is 20.8 Å². The number of nitrogens with one attached hydrogen (secondary N) is 1. The molecular formula is C16H22N4. The third-order valence-electron chi connectivity index (χ3n) is 3.31. The van der Waals surface area contributed by atoms with Crippen molar-refractivity contribution in [3.8, 4) is 0 Å². The maximum absolute atomic E-state index is 5.96. The van der Waals surface area contributed by atoms with Crippen LogP contribution in [-0.2, 0) is 0 Å². The first kappa shape index (κ1) is 14.2. The fourth-order valence-electron chi connectivity index (χ4n) is 2.18. The Labute approximate surface area is 120 Å². The highest BCUT2D eigenvalue weighted by molar-refractivity contribution is 5.70. The van der Waals surface area contributed by atoms with Gasteiger partial charge in [0.25, 0.3) is 0 Å². The summed E-state index contributed by atoms with van der Waals surface area (Å²) in [5.74, 6) is 0.700. The van der Waals surface area contributed by atoms with Crippen LogP contribution in [0.1, 0.15) is 19.4 Å². The van der Waals surface area contributed by atoms with Crippen molar-refractivity contribution in [1.29, 1.82) is 0 Å². The number of rotatable bonds is 5. The molecule has 0 amide bonds. The van der Waals surface area contributed by atoms with Crippen LogP contribution in [0.5, 0.6) is 0 Å². The van der Waals surface area contributed by atoms with Gasteiger partial charge in [-0.05, 0) is 56.7 Å². The molecule has 0 aliphatic carbocycles. The highest BCUT2D eigenvalue weighted by Crippen LogP contribution is 2.23. The first-order valence-electron chi connectivity index (χ1n) is 6.98. The van der Waals surface area contributed by atoms with Crippen LogP contribution in [0.4, 0.5) is 22.9 Å². The standard InChI is InChI=1S/C16H22N4/c1-4-20(5-2)14-8-6-13(7-9-14)19-16-15(17)10-12(3)11-18-16/h6-11H,4-5,17H2,1-3H3,(H,18,19). The van der Waals surface area contributed by atoms with Gasteiger partial charge in [0.2, 0.25) is 0 Å². The highest BCUT2D eigenvalue weighted by Gasteiger charge is 2.04. The van der Waals surface area contributed by atoms with Gasteiger partial charge in [-0.15, -0.1) is 0 Å². The molecular weight excluding hydrogens is 248 g/mol. The van der Waals surface area contributed by atoms with E-state index in [0.717, 1.165) is 24.3 Å². The monoisotopic (exact) mass is 270 g/mol. The summed E-state index contributed by atoms with van der Waals surface area (Å²) in [5.41, 5.74) is 9.90. The van der Waals surface area contributed by atoms with E-state index in [-0.39, 0.29) is 0 Å². The Morgan fingerprint density at radius 1 is 1.15 bits per heavy atom. The smallest absolute Gasteiger partial charge is 0.153 e. The number of nitrogen functional groups attached to an aromatic ring is 1. The van der Waals surface area contributed by atoms with Gasteiger partial charge in [0, 0.05) is 30.7 Å². The number of hydrogen-bond acceptors (Lipinski definition) is 4. The highest BCUT2D eigenvalue weighted by atomic mass is 15.1. The number of benzene rings is 1. The molecule has 2 aromatic rings. The van der Waals surface area contributed by atoms with Crippen LogP contribution < -0.4 is 16.0 Å². The molecule has 4 heteroatoms. The van der Waals surface area contributed by atoms with E-state index in [9.17, 15) is 0 Å². The number of aryl methyl sites for hydroxylation is 1. The molecule has 1 heterocycles. The van der Waals surface area contributed by atoms with Crippen LogP contribution in [0.2, 0.25) is 0 Å². The lowest BCUT2D eigenvalue weighted by Crippen LogP contribution is -2.21. The summed E-state index contributed by atoms with van der Waals surface area (Å²) in [5, 5.41) is 3.25. The first-order valence-corrected chi connectivity index (χ1v) is 6.98. The van der Waals surface area contributed by atoms with Gasteiger partial charge in [0.1, 0.15) is 0 Å². The summed E-state index contributed by atoms with van der Waals surface area (Å²) in [6.07, 6.45) is 1.81. The topological polar surface area (TPSA) is 54.2 Å². The zero-order valence-corrected chi connectivity index (χ0v) is 12.4. The van der Waals surface area contributed by atoms with Crippen molar-refractivity contribution in [2.24, 2.45) is 0 Å². The fourth-order valence-corrected chi connectivity index (χ4v) is 2.18. The summed E-state index contributed by atoms with van der Waals surface area (Å²) in [6, 6.07) is 10.2.